The summed E-state index contributed by atoms with van der Waals surface area (Å²) < 4.78 is 16.6. The molecule has 0 radical (unpaired) electrons. The Balaban J connectivity index is 1.78. The number of amides is 1. The van der Waals surface area contributed by atoms with Crippen molar-refractivity contribution in [3.63, 3.8) is 0 Å². The summed E-state index contributed by atoms with van der Waals surface area (Å²) in [5, 5.41) is 10.9. The lowest BCUT2D eigenvalue weighted by molar-refractivity contribution is -0.0812. The van der Waals surface area contributed by atoms with Crippen molar-refractivity contribution in [3.8, 4) is 11.5 Å². The van der Waals surface area contributed by atoms with Gasteiger partial charge in [0.2, 0.25) is 0 Å². The molecule has 0 spiro atoms. The van der Waals surface area contributed by atoms with Crippen LogP contribution in [-0.2, 0) is 4.74 Å². The molecule has 4 rings (SSSR count). The van der Waals surface area contributed by atoms with E-state index in [0.717, 1.165) is 22.0 Å². The summed E-state index contributed by atoms with van der Waals surface area (Å²) >= 11 is 0. The van der Waals surface area contributed by atoms with Crippen molar-refractivity contribution in [2.75, 3.05) is 34.0 Å². The van der Waals surface area contributed by atoms with Gasteiger partial charge in [-0.25, -0.2) is 0 Å². The summed E-state index contributed by atoms with van der Waals surface area (Å²) in [5.41, 5.74) is 3.99. The SMILES string of the molecule is COc1ccc([C@@H]2[C@@H](CO)OCCN2C(=O)c2cc3cccc(C)c3nc2C)cc1OC. The lowest BCUT2D eigenvalue weighted by atomic mass is 9.96. The van der Waals surface area contributed by atoms with Gasteiger partial charge in [0, 0.05) is 11.9 Å². The number of aliphatic hydroxyl groups is 1. The highest BCUT2D eigenvalue weighted by Crippen LogP contribution is 2.36. The Labute approximate surface area is 187 Å². The zero-order valence-corrected chi connectivity index (χ0v) is 18.8. The molecule has 7 nitrogen and oxygen atoms in total. The molecule has 0 unspecified atom stereocenters. The van der Waals surface area contributed by atoms with Crippen LogP contribution in [0.15, 0.2) is 42.5 Å². The normalized spacial score (nSPS) is 18.6. The summed E-state index contributed by atoms with van der Waals surface area (Å²) in [4.78, 5) is 20.2. The van der Waals surface area contributed by atoms with Crippen LogP contribution in [0.3, 0.4) is 0 Å². The van der Waals surface area contributed by atoms with Crippen molar-refractivity contribution < 1.29 is 24.1 Å². The maximum atomic E-state index is 13.8. The number of benzene rings is 2. The van der Waals surface area contributed by atoms with Crippen LogP contribution in [0, 0.1) is 13.8 Å². The number of hydrogen-bond donors (Lipinski definition) is 1. The molecular formula is C25H28N2O5. The molecule has 0 saturated carbocycles. The van der Waals surface area contributed by atoms with Crippen molar-refractivity contribution in [1.82, 2.24) is 9.88 Å². The molecule has 2 heterocycles. The number of morpholine rings is 1. The molecule has 1 aliphatic heterocycles. The van der Waals surface area contributed by atoms with E-state index in [0.29, 0.717) is 35.9 Å². The predicted octanol–water partition coefficient (Wildman–Crippen LogP) is 3.44. The molecule has 3 aromatic rings. The first kappa shape index (κ1) is 22.0. The van der Waals surface area contributed by atoms with Crippen LogP contribution >= 0.6 is 0 Å². The lowest BCUT2D eigenvalue weighted by Crippen LogP contribution is -2.49. The number of ether oxygens (including phenoxy) is 3. The summed E-state index contributed by atoms with van der Waals surface area (Å²) in [6.45, 7) is 4.40. The largest absolute Gasteiger partial charge is 0.493 e. The number of hydrogen-bond acceptors (Lipinski definition) is 6. The minimum atomic E-state index is -0.554. The Morgan fingerprint density at radius 1 is 1.16 bits per heavy atom. The molecule has 1 aromatic heterocycles. The Hall–Kier alpha value is -3.16. The molecule has 1 saturated heterocycles. The number of aliphatic hydroxyl groups excluding tert-OH is 1. The third kappa shape index (κ3) is 3.89. The first-order valence-electron chi connectivity index (χ1n) is 10.6. The van der Waals surface area contributed by atoms with E-state index < -0.39 is 12.1 Å². The molecule has 1 N–H and O–H groups in total. The van der Waals surface area contributed by atoms with Gasteiger partial charge in [0.05, 0.1) is 50.2 Å². The fourth-order valence-corrected chi connectivity index (χ4v) is 4.36. The van der Waals surface area contributed by atoms with Crippen LogP contribution in [0.4, 0.5) is 0 Å². The van der Waals surface area contributed by atoms with E-state index in [-0.39, 0.29) is 12.5 Å². The van der Waals surface area contributed by atoms with Crippen molar-refractivity contribution in [1.29, 1.82) is 0 Å². The number of pyridine rings is 1. The van der Waals surface area contributed by atoms with Gasteiger partial charge in [0.15, 0.2) is 11.5 Å². The Bertz CT molecular complexity index is 1150. The first-order chi connectivity index (χ1) is 15.5. The average Bonchev–Trinajstić information content (AvgIpc) is 2.82. The summed E-state index contributed by atoms with van der Waals surface area (Å²) in [5.74, 6) is 1.01. The molecule has 1 aliphatic rings. The Kier molecular flexibility index (Phi) is 6.30. The van der Waals surface area contributed by atoms with Gasteiger partial charge < -0.3 is 24.2 Å². The molecule has 1 fully saturated rings. The first-order valence-corrected chi connectivity index (χ1v) is 10.6. The van der Waals surface area contributed by atoms with Gasteiger partial charge in [0.25, 0.3) is 5.91 Å². The van der Waals surface area contributed by atoms with Gasteiger partial charge in [-0.15, -0.1) is 0 Å². The average molecular weight is 437 g/mol. The van der Waals surface area contributed by atoms with Crippen molar-refractivity contribution in [2.24, 2.45) is 0 Å². The second-order valence-electron chi connectivity index (χ2n) is 7.92. The van der Waals surface area contributed by atoms with Gasteiger partial charge in [-0.1, -0.05) is 24.3 Å². The van der Waals surface area contributed by atoms with Crippen LogP contribution in [0.25, 0.3) is 10.9 Å². The molecule has 0 bridgehead atoms. The molecule has 0 aliphatic carbocycles. The molecule has 2 atom stereocenters. The van der Waals surface area contributed by atoms with Crippen molar-refractivity contribution in [2.45, 2.75) is 26.0 Å². The fourth-order valence-electron chi connectivity index (χ4n) is 4.36. The van der Waals surface area contributed by atoms with Crippen LogP contribution in [-0.4, -0.2) is 61.0 Å². The van der Waals surface area contributed by atoms with Gasteiger partial charge in [-0.3, -0.25) is 9.78 Å². The predicted molar refractivity (Wildman–Crippen MR) is 121 cm³/mol. The smallest absolute Gasteiger partial charge is 0.256 e. The van der Waals surface area contributed by atoms with Crippen LogP contribution in [0.2, 0.25) is 0 Å². The highest BCUT2D eigenvalue weighted by molar-refractivity contribution is 5.99. The van der Waals surface area contributed by atoms with E-state index >= 15 is 0 Å². The van der Waals surface area contributed by atoms with E-state index in [1.54, 1.807) is 25.2 Å². The highest BCUT2D eigenvalue weighted by Gasteiger charge is 2.37. The second kappa shape index (κ2) is 9.14. The number of carbonyl (C=O) groups is 1. The number of para-hydroxylation sites is 1. The minimum Gasteiger partial charge on any atom is -0.493 e. The van der Waals surface area contributed by atoms with Crippen molar-refractivity contribution >= 4 is 16.8 Å². The Morgan fingerprint density at radius 3 is 2.66 bits per heavy atom. The topological polar surface area (TPSA) is 81.1 Å². The monoisotopic (exact) mass is 436 g/mol. The van der Waals surface area contributed by atoms with Crippen LogP contribution in [0.1, 0.15) is 33.2 Å². The summed E-state index contributed by atoms with van der Waals surface area (Å²) in [6, 6.07) is 12.9. The third-order valence-corrected chi connectivity index (χ3v) is 6.01. The maximum absolute atomic E-state index is 13.8. The molecule has 32 heavy (non-hydrogen) atoms. The van der Waals surface area contributed by atoms with E-state index in [1.165, 1.54) is 0 Å². The zero-order valence-electron chi connectivity index (χ0n) is 18.8. The lowest BCUT2D eigenvalue weighted by Gasteiger charge is -2.41. The zero-order chi connectivity index (χ0) is 22.8. The number of carbonyl (C=O) groups excluding carboxylic acids is 1. The van der Waals surface area contributed by atoms with E-state index in [1.807, 2.05) is 50.2 Å². The minimum absolute atomic E-state index is 0.139. The number of aromatic nitrogens is 1. The molecular weight excluding hydrogens is 408 g/mol. The molecule has 2 aromatic carbocycles. The van der Waals surface area contributed by atoms with E-state index in [4.69, 9.17) is 19.2 Å². The standard InChI is InChI=1S/C25H28N2O5/c1-15-6-5-7-17-12-19(16(2)26-23(15)17)25(29)27-10-11-32-22(14-28)24(27)18-8-9-20(30-3)21(13-18)31-4/h5-9,12-13,22,24,28H,10-11,14H2,1-4H3/t22-,24-/m1/s1. The third-order valence-electron chi connectivity index (χ3n) is 6.01. The van der Waals surface area contributed by atoms with Crippen molar-refractivity contribution in [3.05, 3.63) is 64.8 Å². The maximum Gasteiger partial charge on any atom is 0.256 e. The number of methoxy groups -OCH3 is 2. The van der Waals surface area contributed by atoms with Gasteiger partial charge >= 0.3 is 0 Å². The van der Waals surface area contributed by atoms with Gasteiger partial charge in [0.1, 0.15) is 6.10 Å². The Morgan fingerprint density at radius 2 is 1.94 bits per heavy atom. The quantitative estimate of drug-likeness (QED) is 0.660. The summed E-state index contributed by atoms with van der Waals surface area (Å²) in [7, 11) is 3.14. The van der Waals surface area contributed by atoms with E-state index in [2.05, 4.69) is 0 Å². The number of nitrogens with zero attached hydrogens (tertiary/aromatic N) is 2. The molecule has 7 heteroatoms. The summed E-state index contributed by atoms with van der Waals surface area (Å²) in [6.07, 6.45) is -0.554. The van der Waals surface area contributed by atoms with Crippen LogP contribution < -0.4 is 9.47 Å². The van der Waals surface area contributed by atoms with Gasteiger partial charge in [-0.2, -0.15) is 0 Å². The highest BCUT2D eigenvalue weighted by atomic mass is 16.5. The molecule has 1 amide bonds. The number of fused-ring (bicyclic) bond motifs is 1. The van der Waals surface area contributed by atoms with Crippen LogP contribution in [0.5, 0.6) is 11.5 Å². The van der Waals surface area contributed by atoms with E-state index in [9.17, 15) is 9.90 Å². The number of rotatable bonds is 5. The molecule has 168 valence electrons. The fraction of sp³-hybridized carbons (Fsp3) is 0.360. The number of aryl methyl sites for hydroxylation is 2. The van der Waals surface area contributed by atoms with Gasteiger partial charge in [-0.05, 0) is 43.2 Å². The second-order valence-corrected chi connectivity index (χ2v) is 7.92.